The van der Waals surface area contributed by atoms with E-state index in [0.717, 1.165) is 0 Å². The predicted octanol–water partition coefficient (Wildman–Crippen LogP) is 3.94. The maximum absolute atomic E-state index is 15.1. The molecule has 2 saturated heterocycles. The molecular weight excluding hydrogens is 540 g/mol. The first kappa shape index (κ1) is 27.8. The molecule has 5 rings (SSSR count). The Balaban J connectivity index is 1.11. The van der Waals surface area contributed by atoms with E-state index in [1.807, 2.05) is 4.90 Å². The number of amides is 2. The number of nitrogens with one attached hydrogen (secondary N) is 1. The summed E-state index contributed by atoms with van der Waals surface area (Å²) in [5, 5.41) is 13.5. The lowest BCUT2D eigenvalue weighted by atomic mass is 10.2. The highest BCUT2D eigenvalue weighted by Crippen LogP contribution is 2.29. The number of halogens is 2. The van der Waals surface area contributed by atoms with Gasteiger partial charge in [0.15, 0.2) is 0 Å². The summed E-state index contributed by atoms with van der Waals surface area (Å²) in [5.74, 6) is -1.04. The highest BCUT2D eigenvalue weighted by Gasteiger charge is 2.33. The summed E-state index contributed by atoms with van der Waals surface area (Å²) in [6.07, 6.45) is 1.60. The van der Waals surface area contributed by atoms with Crippen molar-refractivity contribution in [2.75, 3.05) is 49.1 Å². The van der Waals surface area contributed by atoms with Crippen molar-refractivity contribution in [2.24, 2.45) is 0 Å². The van der Waals surface area contributed by atoms with Crippen LogP contribution in [0.2, 0.25) is 0 Å². The maximum atomic E-state index is 15.1. The van der Waals surface area contributed by atoms with E-state index in [2.05, 4.69) is 10.2 Å². The molecule has 214 valence electrons. The van der Waals surface area contributed by atoms with Crippen molar-refractivity contribution in [3.8, 4) is 0 Å². The number of ether oxygens (including phenoxy) is 1. The van der Waals surface area contributed by atoms with Crippen molar-refractivity contribution in [3.05, 3.63) is 93.7 Å². The quantitative estimate of drug-likeness (QED) is 0.235. The summed E-state index contributed by atoms with van der Waals surface area (Å²) in [6, 6.07) is 13.1. The first-order valence-electron chi connectivity index (χ1n) is 12.9. The number of benzene rings is 2. The van der Waals surface area contributed by atoms with Crippen LogP contribution < -0.4 is 15.1 Å². The Morgan fingerprint density at radius 3 is 2.51 bits per heavy atom. The lowest BCUT2D eigenvalue weighted by Crippen LogP contribution is -2.46. The number of furan rings is 1. The monoisotopic (exact) mass is 567 g/mol. The Kier molecular flexibility index (Phi) is 8.24. The van der Waals surface area contributed by atoms with Crippen LogP contribution in [0.1, 0.15) is 11.3 Å². The molecule has 2 aromatic carbocycles. The van der Waals surface area contributed by atoms with E-state index in [1.54, 1.807) is 36.4 Å². The summed E-state index contributed by atoms with van der Waals surface area (Å²) in [6.45, 7) is 2.95. The number of cyclic esters (lactones) is 1. The van der Waals surface area contributed by atoms with Gasteiger partial charge >= 0.3 is 12.0 Å². The van der Waals surface area contributed by atoms with Crippen LogP contribution in [0.3, 0.4) is 0 Å². The molecule has 1 N–H and O–H groups in total. The topological polar surface area (TPSA) is 121 Å². The lowest BCUT2D eigenvalue weighted by Gasteiger charge is -2.36. The molecule has 0 bridgehead atoms. The number of hydrogen-bond acceptors (Lipinski definition) is 8. The van der Waals surface area contributed by atoms with Crippen molar-refractivity contribution in [1.29, 1.82) is 0 Å². The molecule has 0 saturated carbocycles. The van der Waals surface area contributed by atoms with Crippen molar-refractivity contribution in [3.63, 3.8) is 0 Å². The standard InChI is InChI=1S/C28H27F2N5O6/c29-20-4-1-19(2-5-20)3-9-26(36)31-16-23-18-34(28(37)41-23)21-6-8-25(24(30)15-21)33-13-11-32(12-14-33)17-22-7-10-27(40-22)35(38)39/h1-10,15,23H,11-14,16-18H2,(H,31,36)/b9-3+. The third-order valence-corrected chi connectivity index (χ3v) is 6.84. The molecule has 1 atom stereocenters. The van der Waals surface area contributed by atoms with Crippen LogP contribution in [0.4, 0.5) is 30.8 Å². The SMILES string of the molecule is O=C(/C=C/c1ccc(F)cc1)NCC1CN(c2ccc(N3CCN(Cc4ccc([N+](=O)[O-])o4)CC3)c(F)c2)C(=O)O1. The van der Waals surface area contributed by atoms with E-state index in [0.29, 0.717) is 55.4 Å². The molecule has 2 amide bonds. The largest absolute Gasteiger partial charge is 0.442 e. The van der Waals surface area contributed by atoms with E-state index in [-0.39, 0.29) is 24.8 Å². The molecule has 11 nitrogen and oxygen atoms in total. The first-order valence-corrected chi connectivity index (χ1v) is 12.9. The van der Waals surface area contributed by atoms with Crippen LogP contribution in [0.25, 0.3) is 6.08 Å². The van der Waals surface area contributed by atoms with Gasteiger partial charge in [-0.15, -0.1) is 0 Å². The van der Waals surface area contributed by atoms with E-state index < -0.39 is 28.8 Å². The molecule has 0 spiro atoms. The number of carbonyl (C=O) groups is 2. The van der Waals surface area contributed by atoms with Crippen molar-refractivity contribution < 1.29 is 32.4 Å². The number of hydrogen-bond donors (Lipinski definition) is 1. The number of carbonyl (C=O) groups excluding carboxylic acids is 2. The van der Waals surface area contributed by atoms with Gasteiger partial charge in [-0.2, -0.15) is 0 Å². The van der Waals surface area contributed by atoms with E-state index in [9.17, 15) is 24.1 Å². The van der Waals surface area contributed by atoms with Gasteiger partial charge in [-0.25, -0.2) is 13.6 Å². The lowest BCUT2D eigenvalue weighted by molar-refractivity contribution is -0.402. The summed E-state index contributed by atoms with van der Waals surface area (Å²) >= 11 is 0. The molecule has 2 fully saturated rings. The van der Waals surface area contributed by atoms with Gasteiger partial charge < -0.3 is 19.4 Å². The van der Waals surface area contributed by atoms with Gasteiger partial charge in [-0.05, 0) is 48.0 Å². The third kappa shape index (κ3) is 6.87. The Labute approximate surface area is 233 Å². The smallest absolute Gasteiger partial charge is 0.433 e. The normalized spacial score (nSPS) is 17.7. The molecule has 13 heteroatoms. The zero-order chi connectivity index (χ0) is 28.9. The third-order valence-electron chi connectivity index (χ3n) is 6.84. The number of nitrogens with zero attached hydrogens (tertiary/aromatic N) is 4. The van der Waals surface area contributed by atoms with Gasteiger partial charge in [0, 0.05) is 32.3 Å². The van der Waals surface area contributed by atoms with Gasteiger partial charge in [0.2, 0.25) is 5.91 Å². The van der Waals surface area contributed by atoms with E-state index in [1.165, 1.54) is 35.2 Å². The molecule has 0 aliphatic carbocycles. The van der Waals surface area contributed by atoms with Crippen LogP contribution in [0.15, 0.2) is 65.1 Å². The average Bonchev–Trinajstić information content (AvgIpc) is 3.58. The Hall–Kier alpha value is -4.78. The summed E-state index contributed by atoms with van der Waals surface area (Å²) in [5.41, 5.74) is 1.42. The fourth-order valence-corrected chi connectivity index (χ4v) is 4.69. The van der Waals surface area contributed by atoms with E-state index in [4.69, 9.17) is 9.15 Å². The van der Waals surface area contributed by atoms with Gasteiger partial charge in [0.25, 0.3) is 0 Å². The summed E-state index contributed by atoms with van der Waals surface area (Å²) in [7, 11) is 0. The van der Waals surface area contributed by atoms with Crippen LogP contribution in [-0.2, 0) is 16.1 Å². The number of anilines is 2. The minimum atomic E-state index is -0.634. The average molecular weight is 568 g/mol. The second-order valence-corrected chi connectivity index (χ2v) is 9.64. The predicted molar refractivity (Wildman–Crippen MR) is 145 cm³/mol. The fourth-order valence-electron chi connectivity index (χ4n) is 4.69. The Bertz CT molecular complexity index is 1450. The second kappa shape index (κ2) is 12.2. The Morgan fingerprint density at radius 1 is 1.07 bits per heavy atom. The van der Waals surface area contributed by atoms with Crippen LogP contribution in [0.5, 0.6) is 0 Å². The molecule has 2 aliphatic rings. The second-order valence-electron chi connectivity index (χ2n) is 9.64. The minimum absolute atomic E-state index is 0.0744. The van der Waals surface area contributed by atoms with E-state index >= 15 is 4.39 Å². The van der Waals surface area contributed by atoms with Crippen molar-refractivity contribution in [1.82, 2.24) is 10.2 Å². The van der Waals surface area contributed by atoms with Crippen molar-refractivity contribution >= 4 is 35.3 Å². The summed E-state index contributed by atoms with van der Waals surface area (Å²) in [4.78, 5) is 40.1. The minimum Gasteiger partial charge on any atom is -0.442 e. The molecule has 2 aliphatic heterocycles. The van der Waals surface area contributed by atoms with Crippen LogP contribution >= 0.6 is 0 Å². The first-order chi connectivity index (χ1) is 19.7. The number of nitro groups is 1. The number of rotatable bonds is 9. The number of piperazine rings is 1. The highest BCUT2D eigenvalue weighted by atomic mass is 19.1. The van der Waals surface area contributed by atoms with Gasteiger partial charge in [0.1, 0.15) is 28.4 Å². The van der Waals surface area contributed by atoms with Gasteiger partial charge in [-0.1, -0.05) is 12.1 Å². The Morgan fingerprint density at radius 2 is 1.83 bits per heavy atom. The van der Waals surface area contributed by atoms with Crippen molar-refractivity contribution in [2.45, 2.75) is 12.6 Å². The molecule has 0 radical (unpaired) electrons. The summed E-state index contributed by atoms with van der Waals surface area (Å²) < 4.78 is 38.7. The molecule has 1 unspecified atom stereocenters. The zero-order valence-corrected chi connectivity index (χ0v) is 21.9. The molecule has 41 heavy (non-hydrogen) atoms. The van der Waals surface area contributed by atoms with Crippen LogP contribution in [0, 0.1) is 21.7 Å². The fraction of sp³-hybridized carbons (Fsp3) is 0.286. The molecule has 3 aromatic rings. The van der Waals surface area contributed by atoms with Gasteiger partial charge in [-0.3, -0.25) is 24.7 Å². The van der Waals surface area contributed by atoms with Crippen LogP contribution in [-0.4, -0.2) is 67.2 Å². The van der Waals surface area contributed by atoms with Gasteiger partial charge in [0.05, 0.1) is 37.1 Å². The highest BCUT2D eigenvalue weighted by molar-refractivity contribution is 5.92. The maximum Gasteiger partial charge on any atom is 0.433 e. The molecule has 3 heterocycles. The molecule has 1 aromatic heterocycles. The molecular formula is C28H27F2N5O6. The zero-order valence-electron chi connectivity index (χ0n) is 21.9.